The fourth-order valence-electron chi connectivity index (χ4n) is 2.19. The van der Waals surface area contributed by atoms with Gasteiger partial charge in [-0.25, -0.2) is 4.98 Å². The second-order valence-electron chi connectivity index (χ2n) is 6.56. The minimum absolute atomic E-state index is 0.0943. The van der Waals surface area contributed by atoms with Gasteiger partial charge in [0.2, 0.25) is 5.91 Å². The average molecular weight is 300 g/mol. The summed E-state index contributed by atoms with van der Waals surface area (Å²) < 4.78 is 0. The number of carbonyl (C=O) groups excluding carboxylic acids is 1. The Bertz CT molecular complexity index is 614. The lowest BCUT2D eigenvalue weighted by Crippen LogP contribution is -2.41. The van der Waals surface area contributed by atoms with Crippen LogP contribution in [-0.4, -0.2) is 21.9 Å². The first kappa shape index (κ1) is 16.2. The summed E-state index contributed by atoms with van der Waals surface area (Å²) in [6, 6.07) is 7.68. The van der Waals surface area contributed by atoms with E-state index < -0.39 is 6.04 Å². The first-order valence-corrected chi connectivity index (χ1v) is 7.46. The van der Waals surface area contributed by atoms with Crippen LogP contribution in [-0.2, 0) is 23.2 Å². The predicted octanol–water partition coefficient (Wildman–Crippen LogP) is 1.89. The Morgan fingerprint density at radius 2 is 2.18 bits per heavy atom. The van der Waals surface area contributed by atoms with Crippen LogP contribution in [0.15, 0.2) is 36.8 Å². The van der Waals surface area contributed by atoms with Gasteiger partial charge in [-0.3, -0.25) is 4.79 Å². The normalized spacial score (nSPS) is 12.9. The van der Waals surface area contributed by atoms with Crippen LogP contribution in [0.1, 0.15) is 37.6 Å². The molecule has 5 nitrogen and oxygen atoms in total. The van der Waals surface area contributed by atoms with E-state index in [0.29, 0.717) is 13.0 Å². The molecule has 1 amide bonds. The number of H-pyrrole nitrogens is 1. The molecular formula is C17H24N4O. The fourth-order valence-corrected chi connectivity index (χ4v) is 2.19. The van der Waals surface area contributed by atoms with E-state index in [9.17, 15) is 4.79 Å². The van der Waals surface area contributed by atoms with E-state index in [1.54, 1.807) is 12.5 Å². The van der Waals surface area contributed by atoms with Gasteiger partial charge in [0.1, 0.15) is 0 Å². The lowest BCUT2D eigenvalue weighted by molar-refractivity contribution is -0.122. The van der Waals surface area contributed by atoms with Gasteiger partial charge in [0.25, 0.3) is 0 Å². The predicted molar refractivity (Wildman–Crippen MR) is 87.3 cm³/mol. The molecule has 0 radical (unpaired) electrons. The summed E-state index contributed by atoms with van der Waals surface area (Å²) in [6.45, 7) is 7.00. The van der Waals surface area contributed by atoms with Crippen LogP contribution in [0.5, 0.6) is 0 Å². The summed E-state index contributed by atoms with van der Waals surface area (Å²) in [5.74, 6) is -0.157. The number of aromatic nitrogens is 2. The summed E-state index contributed by atoms with van der Waals surface area (Å²) in [7, 11) is 0. The third kappa shape index (κ3) is 4.43. The number of nitrogens with two attached hydrogens (primary N) is 1. The number of hydrogen-bond donors (Lipinski definition) is 3. The van der Waals surface area contributed by atoms with Crippen LogP contribution in [0.25, 0.3) is 0 Å². The Balaban J connectivity index is 1.91. The maximum absolute atomic E-state index is 12.1. The largest absolute Gasteiger partial charge is 0.351 e. The third-order valence-corrected chi connectivity index (χ3v) is 3.59. The van der Waals surface area contributed by atoms with E-state index >= 15 is 0 Å². The van der Waals surface area contributed by atoms with Gasteiger partial charge in [0.05, 0.1) is 12.4 Å². The minimum Gasteiger partial charge on any atom is -0.351 e. The monoisotopic (exact) mass is 300 g/mol. The first-order chi connectivity index (χ1) is 10.4. The van der Waals surface area contributed by atoms with Crippen LogP contribution in [0.4, 0.5) is 0 Å². The molecule has 0 aliphatic heterocycles. The number of imidazole rings is 1. The third-order valence-electron chi connectivity index (χ3n) is 3.59. The molecule has 0 aliphatic rings. The lowest BCUT2D eigenvalue weighted by Gasteiger charge is -2.20. The summed E-state index contributed by atoms with van der Waals surface area (Å²) in [6.07, 6.45) is 3.71. The summed E-state index contributed by atoms with van der Waals surface area (Å²) in [5, 5.41) is 2.89. The van der Waals surface area contributed by atoms with Crippen LogP contribution in [0, 0.1) is 0 Å². The summed E-state index contributed by atoms with van der Waals surface area (Å²) in [5.41, 5.74) is 9.19. The zero-order valence-corrected chi connectivity index (χ0v) is 13.4. The van der Waals surface area contributed by atoms with Crippen molar-refractivity contribution in [3.05, 3.63) is 53.6 Å². The molecule has 1 atom stereocenters. The molecule has 0 aliphatic carbocycles. The molecular weight excluding hydrogens is 276 g/mol. The maximum atomic E-state index is 12.1. The number of nitrogens with one attached hydrogen (secondary N) is 2. The highest BCUT2D eigenvalue weighted by atomic mass is 16.2. The molecule has 0 saturated heterocycles. The molecule has 0 spiro atoms. The highest BCUT2D eigenvalue weighted by Crippen LogP contribution is 2.22. The number of hydrogen-bond acceptors (Lipinski definition) is 3. The minimum atomic E-state index is -0.578. The standard InChI is InChI=1S/C17H24N4O/c1-17(2,3)13-6-4-5-12(7-13)9-20-16(22)15(18)8-14-10-19-11-21-14/h4-7,10-11,15H,8-9,18H2,1-3H3,(H,19,21)(H,20,22)/t15-/m0/s1. The SMILES string of the molecule is CC(C)(C)c1cccc(CNC(=O)[C@@H](N)Cc2cnc[nH]2)c1. The second kappa shape index (κ2) is 6.75. The molecule has 0 fully saturated rings. The van der Waals surface area contributed by atoms with Crippen molar-refractivity contribution in [3.8, 4) is 0 Å². The van der Waals surface area contributed by atoms with Crippen molar-refractivity contribution in [1.29, 1.82) is 0 Å². The maximum Gasteiger partial charge on any atom is 0.237 e. The number of benzene rings is 1. The van der Waals surface area contributed by atoms with Crippen molar-refractivity contribution in [2.45, 2.75) is 45.2 Å². The summed E-state index contributed by atoms with van der Waals surface area (Å²) >= 11 is 0. The van der Waals surface area contributed by atoms with E-state index in [1.165, 1.54) is 5.56 Å². The molecule has 22 heavy (non-hydrogen) atoms. The Labute approximate surface area is 131 Å². The zero-order valence-electron chi connectivity index (χ0n) is 13.4. The van der Waals surface area contributed by atoms with E-state index in [2.05, 4.69) is 48.2 Å². The second-order valence-corrected chi connectivity index (χ2v) is 6.56. The van der Waals surface area contributed by atoms with Crippen molar-refractivity contribution in [2.24, 2.45) is 5.73 Å². The van der Waals surface area contributed by atoms with Crippen molar-refractivity contribution in [3.63, 3.8) is 0 Å². The van der Waals surface area contributed by atoms with Gasteiger partial charge in [0, 0.05) is 24.9 Å². The number of aromatic amines is 1. The molecule has 0 unspecified atom stereocenters. The Morgan fingerprint density at radius 3 is 2.82 bits per heavy atom. The highest BCUT2D eigenvalue weighted by molar-refractivity contribution is 5.81. The first-order valence-electron chi connectivity index (χ1n) is 7.46. The molecule has 2 rings (SSSR count). The van der Waals surface area contributed by atoms with Crippen molar-refractivity contribution in [1.82, 2.24) is 15.3 Å². The quantitative estimate of drug-likeness (QED) is 0.788. The van der Waals surface area contributed by atoms with Gasteiger partial charge in [0.15, 0.2) is 0 Å². The lowest BCUT2D eigenvalue weighted by atomic mass is 9.86. The van der Waals surface area contributed by atoms with E-state index in [0.717, 1.165) is 11.3 Å². The molecule has 118 valence electrons. The van der Waals surface area contributed by atoms with E-state index in [-0.39, 0.29) is 11.3 Å². The van der Waals surface area contributed by atoms with Gasteiger partial charge in [-0.1, -0.05) is 45.0 Å². The highest BCUT2D eigenvalue weighted by Gasteiger charge is 2.16. The van der Waals surface area contributed by atoms with E-state index in [1.807, 2.05) is 12.1 Å². The van der Waals surface area contributed by atoms with Crippen molar-refractivity contribution < 1.29 is 4.79 Å². The Hall–Kier alpha value is -2.14. The fraction of sp³-hybridized carbons (Fsp3) is 0.412. The van der Waals surface area contributed by atoms with Crippen LogP contribution in [0.3, 0.4) is 0 Å². The van der Waals surface area contributed by atoms with Crippen molar-refractivity contribution >= 4 is 5.91 Å². The van der Waals surface area contributed by atoms with Crippen LogP contribution >= 0.6 is 0 Å². The van der Waals surface area contributed by atoms with Gasteiger partial charge in [-0.2, -0.15) is 0 Å². The molecule has 2 aromatic rings. The number of nitrogens with zero attached hydrogens (tertiary/aromatic N) is 1. The molecule has 0 bridgehead atoms. The average Bonchev–Trinajstić information content (AvgIpc) is 2.97. The van der Waals surface area contributed by atoms with E-state index in [4.69, 9.17) is 5.73 Å². The number of rotatable bonds is 5. The molecule has 1 heterocycles. The smallest absolute Gasteiger partial charge is 0.237 e. The molecule has 4 N–H and O–H groups in total. The Kier molecular flexibility index (Phi) is 4.98. The molecule has 1 aromatic heterocycles. The van der Waals surface area contributed by atoms with Gasteiger partial charge in [-0.05, 0) is 16.5 Å². The topological polar surface area (TPSA) is 83.8 Å². The Morgan fingerprint density at radius 1 is 1.41 bits per heavy atom. The molecule has 0 saturated carbocycles. The van der Waals surface area contributed by atoms with Gasteiger partial charge >= 0.3 is 0 Å². The van der Waals surface area contributed by atoms with Gasteiger partial charge in [-0.15, -0.1) is 0 Å². The van der Waals surface area contributed by atoms with Crippen LogP contribution < -0.4 is 11.1 Å². The zero-order chi connectivity index (χ0) is 16.2. The van der Waals surface area contributed by atoms with Gasteiger partial charge < -0.3 is 16.0 Å². The molecule has 5 heteroatoms. The van der Waals surface area contributed by atoms with Crippen molar-refractivity contribution in [2.75, 3.05) is 0 Å². The molecule has 1 aromatic carbocycles. The summed E-state index contributed by atoms with van der Waals surface area (Å²) in [4.78, 5) is 18.9. The van der Waals surface area contributed by atoms with Crippen LogP contribution in [0.2, 0.25) is 0 Å². The number of carbonyl (C=O) groups is 1. The number of amides is 1.